The fourth-order valence-electron chi connectivity index (χ4n) is 5.74. The van der Waals surface area contributed by atoms with Gasteiger partial charge in [0.2, 0.25) is 0 Å². The molecule has 274 valence electrons. The van der Waals surface area contributed by atoms with Gasteiger partial charge in [0, 0.05) is 38.7 Å². The Morgan fingerprint density at radius 3 is 2.29 bits per heavy atom. The van der Waals surface area contributed by atoms with Gasteiger partial charge in [0.05, 0.1) is 26.4 Å². The molecule has 0 unspecified atom stereocenters. The largest absolute Gasteiger partial charge is 0.497 e. The monoisotopic (exact) mass is 698 g/mol. The highest BCUT2D eigenvalue weighted by Gasteiger charge is 2.38. The number of benzene rings is 1. The third-order valence-corrected chi connectivity index (χ3v) is 14.2. The van der Waals surface area contributed by atoms with E-state index in [9.17, 15) is 9.59 Å². The van der Waals surface area contributed by atoms with Crippen molar-refractivity contribution in [3.63, 3.8) is 0 Å². The molecule has 8 nitrogen and oxygen atoms in total. The number of hydrogen-bond acceptors (Lipinski definition) is 8. The van der Waals surface area contributed by atoms with Crippen LogP contribution in [-0.4, -0.2) is 67.0 Å². The summed E-state index contributed by atoms with van der Waals surface area (Å²) in [5.74, 6) is 0.362. The summed E-state index contributed by atoms with van der Waals surface area (Å²) >= 11 is 0. The first-order valence-electron chi connectivity index (χ1n) is 17.5. The fourth-order valence-corrected chi connectivity index (χ4v) is 6.78. The second-order valence-electron chi connectivity index (χ2n) is 14.4. The molecule has 1 aromatic rings. The quantitative estimate of drug-likeness (QED) is 0.0239. The van der Waals surface area contributed by atoms with E-state index in [4.69, 9.17) is 28.1 Å². The maximum absolute atomic E-state index is 14.0. The number of ketones is 1. The molecule has 0 heterocycles. The molecule has 0 saturated carbocycles. The fraction of sp³-hybridized carbons (Fsp3) is 0.600. The molecule has 0 fully saturated rings. The molecule has 0 spiro atoms. The van der Waals surface area contributed by atoms with Crippen LogP contribution in [0.5, 0.6) is 5.75 Å². The van der Waals surface area contributed by atoms with E-state index in [1.165, 1.54) is 6.08 Å². The smallest absolute Gasteiger partial charge is 0.331 e. The van der Waals surface area contributed by atoms with E-state index >= 15 is 0 Å². The number of methoxy groups -OCH3 is 2. The van der Waals surface area contributed by atoms with Crippen molar-refractivity contribution in [2.24, 2.45) is 11.8 Å². The standard InChI is InChI=1S/C40H62O8Si/c1-12-46-38(42)25-32(14-13-22-45-27-31-16-18-35(44-9)19-17-31)33(21-23-48-49(10,11)40(5,6)7)24-34(41)26-37-36(29(2)3)20-15-30(4)39(37)47-28-43-8/h15-19,24-25,36-37,39H,2,12-14,20-23,26-28H2,1,3-11H3/b32-25+,33-24+/t36-,37-,39-/m0/s1. The van der Waals surface area contributed by atoms with Crippen LogP contribution in [0.1, 0.15) is 79.2 Å². The van der Waals surface area contributed by atoms with Crippen molar-refractivity contribution in [3.8, 4) is 5.75 Å². The van der Waals surface area contributed by atoms with Gasteiger partial charge in [-0.15, -0.1) is 0 Å². The van der Waals surface area contributed by atoms with E-state index in [0.29, 0.717) is 39.1 Å². The molecule has 0 aromatic heterocycles. The van der Waals surface area contributed by atoms with Crippen molar-refractivity contribution >= 4 is 20.1 Å². The predicted octanol–water partition coefficient (Wildman–Crippen LogP) is 8.93. The molecule has 0 N–H and O–H groups in total. The van der Waals surface area contributed by atoms with E-state index in [1.54, 1.807) is 27.2 Å². The maximum atomic E-state index is 14.0. The van der Waals surface area contributed by atoms with Crippen molar-refractivity contribution in [1.29, 1.82) is 0 Å². The normalized spacial score (nSPS) is 19.0. The van der Waals surface area contributed by atoms with Crippen molar-refractivity contribution in [2.75, 3.05) is 40.8 Å². The zero-order valence-corrected chi connectivity index (χ0v) is 32.8. The minimum absolute atomic E-state index is 0.0233. The van der Waals surface area contributed by atoms with E-state index in [1.807, 2.05) is 38.1 Å². The van der Waals surface area contributed by atoms with Crippen LogP contribution in [0.3, 0.4) is 0 Å². The zero-order valence-electron chi connectivity index (χ0n) is 31.8. The highest BCUT2D eigenvalue weighted by molar-refractivity contribution is 6.74. The highest BCUT2D eigenvalue weighted by atomic mass is 28.4. The number of esters is 1. The SMILES string of the molecule is C=C(C)[C@@H]1CC=C(C)[C@H](OCOC)[C@H]1CC(=O)/C=C(CCO[Si](C)(C)C(C)(C)C)/C(=C/C(=O)OCC)CCCOCc1ccc(OC)cc1. The maximum Gasteiger partial charge on any atom is 0.331 e. The van der Waals surface area contributed by atoms with Gasteiger partial charge in [-0.05, 0) is 111 Å². The average molecular weight is 699 g/mol. The Kier molecular flexibility index (Phi) is 17.9. The molecular formula is C40H62O8Si. The first-order valence-corrected chi connectivity index (χ1v) is 20.4. The van der Waals surface area contributed by atoms with Crippen LogP contribution in [0.4, 0.5) is 0 Å². The number of rotatable bonds is 21. The third-order valence-electron chi connectivity index (χ3n) is 9.61. The van der Waals surface area contributed by atoms with Crippen molar-refractivity contribution in [1.82, 2.24) is 0 Å². The molecule has 0 radical (unpaired) electrons. The molecule has 9 heteroatoms. The molecular weight excluding hydrogens is 637 g/mol. The summed E-state index contributed by atoms with van der Waals surface area (Å²) in [4.78, 5) is 26.8. The first kappa shape index (κ1) is 42.3. The summed E-state index contributed by atoms with van der Waals surface area (Å²) in [7, 11) is 1.19. The Hall–Kier alpha value is -2.82. The Morgan fingerprint density at radius 2 is 1.69 bits per heavy atom. The van der Waals surface area contributed by atoms with Gasteiger partial charge in [-0.3, -0.25) is 4.79 Å². The topological polar surface area (TPSA) is 89.5 Å². The third kappa shape index (κ3) is 14.1. The lowest BCUT2D eigenvalue weighted by Gasteiger charge is -2.37. The Bertz CT molecular complexity index is 1300. The summed E-state index contributed by atoms with van der Waals surface area (Å²) in [5, 5.41) is 0.0403. The van der Waals surface area contributed by atoms with Crippen molar-refractivity contribution in [2.45, 2.75) is 104 Å². The Balaban J connectivity index is 2.36. The zero-order chi connectivity index (χ0) is 36.6. The molecule has 0 aliphatic heterocycles. The molecule has 1 aliphatic carbocycles. The highest BCUT2D eigenvalue weighted by Crippen LogP contribution is 2.39. The summed E-state index contributed by atoms with van der Waals surface area (Å²) in [6, 6.07) is 7.78. The molecule has 1 aromatic carbocycles. The molecule has 0 amide bonds. The van der Waals surface area contributed by atoms with Gasteiger partial charge in [0.15, 0.2) is 14.1 Å². The van der Waals surface area contributed by atoms with Gasteiger partial charge < -0.3 is 28.1 Å². The van der Waals surface area contributed by atoms with Crippen LogP contribution < -0.4 is 4.74 Å². The molecule has 2 rings (SSSR count). The second-order valence-corrected chi connectivity index (χ2v) is 19.2. The summed E-state index contributed by atoms with van der Waals surface area (Å²) in [6.45, 7) is 22.9. The van der Waals surface area contributed by atoms with Gasteiger partial charge in [-0.1, -0.05) is 51.1 Å². The number of carbonyl (C=O) groups is 2. The van der Waals surface area contributed by atoms with E-state index in [-0.39, 0.29) is 48.6 Å². The molecule has 0 saturated heterocycles. The van der Waals surface area contributed by atoms with Gasteiger partial charge in [-0.2, -0.15) is 0 Å². The van der Waals surface area contributed by atoms with Crippen LogP contribution in [0.25, 0.3) is 0 Å². The molecule has 0 bridgehead atoms. The Labute approximate surface area is 297 Å². The lowest BCUT2D eigenvalue weighted by molar-refractivity contribution is -0.137. The van der Waals surface area contributed by atoms with Gasteiger partial charge in [0.1, 0.15) is 12.5 Å². The van der Waals surface area contributed by atoms with Crippen LogP contribution in [0.2, 0.25) is 18.1 Å². The van der Waals surface area contributed by atoms with Crippen molar-refractivity contribution < 1.29 is 37.7 Å². The minimum Gasteiger partial charge on any atom is -0.497 e. The van der Waals surface area contributed by atoms with E-state index < -0.39 is 14.3 Å². The van der Waals surface area contributed by atoms with Gasteiger partial charge >= 0.3 is 5.97 Å². The second kappa shape index (κ2) is 20.8. The lowest BCUT2D eigenvalue weighted by atomic mass is 9.72. The van der Waals surface area contributed by atoms with E-state index in [2.05, 4.69) is 46.5 Å². The van der Waals surface area contributed by atoms with Crippen LogP contribution in [-0.2, 0) is 39.6 Å². The molecule has 3 atom stereocenters. The van der Waals surface area contributed by atoms with Crippen LogP contribution in [0.15, 0.2) is 71.4 Å². The van der Waals surface area contributed by atoms with Crippen molar-refractivity contribution in [3.05, 3.63) is 76.9 Å². The molecule has 1 aliphatic rings. The van der Waals surface area contributed by atoms with Crippen LogP contribution in [0, 0.1) is 11.8 Å². The minimum atomic E-state index is -2.05. The summed E-state index contributed by atoms with van der Waals surface area (Å²) in [6.07, 6.45) is 7.96. The summed E-state index contributed by atoms with van der Waals surface area (Å²) in [5.41, 5.74) is 4.72. The number of hydrogen-bond donors (Lipinski definition) is 0. The Morgan fingerprint density at radius 1 is 1.02 bits per heavy atom. The van der Waals surface area contributed by atoms with E-state index in [0.717, 1.165) is 40.0 Å². The lowest BCUT2D eigenvalue weighted by Crippen LogP contribution is -2.41. The number of ether oxygens (including phenoxy) is 5. The van der Waals surface area contributed by atoms with Crippen LogP contribution >= 0.6 is 0 Å². The first-order chi connectivity index (χ1) is 23.1. The summed E-state index contributed by atoms with van der Waals surface area (Å²) < 4.78 is 34.4. The van der Waals surface area contributed by atoms with Gasteiger partial charge in [-0.25, -0.2) is 4.79 Å². The molecule has 49 heavy (non-hydrogen) atoms. The number of allylic oxidation sites excluding steroid dienone is 4. The average Bonchev–Trinajstić information content (AvgIpc) is 3.03. The predicted molar refractivity (Wildman–Crippen MR) is 199 cm³/mol. The number of carbonyl (C=O) groups excluding carboxylic acids is 2. The van der Waals surface area contributed by atoms with Gasteiger partial charge in [0.25, 0.3) is 0 Å².